The van der Waals surface area contributed by atoms with Gasteiger partial charge in [-0.1, -0.05) is 29.8 Å². The predicted molar refractivity (Wildman–Crippen MR) is 133 cm³/mol. The number of esters is 1. The number of carbonyl (C=O) groups excluding carboxylic acids is 2. The van der Waals surface area contributed by atoms with Crippen LogP contribution in [0.1, 0.15) is 40.1 Å². The van der Waals surface area contributed by atoms with E-state index < -0.39 is 12.0 Å². The summed E-state index contributed by atoms with van der Waals surface area (Å²) in [6.45, 7) is 2.44. The van der Waals surface area contributed by atoms with Crippen LogP contribution >= 0.6 is 11.6 Å². The summed E-state index contributed by atoms with van der Waals surface area (Å²) >= 11 is 6.25. The minimum atomic E-state index is -0.459. The van der Waals surface area contributed by atoms with Gasteiger partial charge in [0.15, 0.2) is 0 Å². The molecule has 2 amide bonds. The van der Waals surface area contributed by atoms with Crippen molar-refractivity contribution in [2.24, 2.45) is 0 Å². The van der Waals surface area contributed by atoms with Crippen LogP contribution < -0.4 is 5.32 Å². The molecule has 0 unspecified atom stereocenters. The van der Waals surface area contributed by atoms with Crippen molar-refractivity contribution < 1.29 is 18.7 Å². The summed E-state index contributed by atoms with van der Waals surface area (Å²) in [6, 6.07) is 17.7. The first-order valence-corrected chi connectivity index (χ1v) is 11.7. The Hall–Kier alpha value is -3.84. The van der Waals surface area contributed by atoms with Gasteiger partial charge in [0.2, 0.25) is 0 Å². The molecule has 2 N–H and O–H groups in total. The van der Waals surface area contributed by atoms with Gasteiger partial charge in [0.1, 0.15) is 5.82 Å². The largest absolute Gasteiger partial charge is 0.462 e. The minimum absolute atomic E-state index is 0.264. The second-order valence-corrected chi connectivity index (χ2v) is 8.77. The summed E-state index contributed by atoms with van der Waals surface area (Å²) in [7, 11) is 0. The Balaban J connectivity index is 1.51. The van der Waals surface area contributed by atoms with Crippen molar-refractivity contribution >= 4 is 40.2 Å². The quantitative estimate of drug-likeness (QED) is 0.328. The van der Waals surface area contributed by atoms with E-state index in [1.807, 2.05) is 18.2 Å². The number of benzene rings is 3. The molecule has 0 saturated carbocycles. The summed E-state index contributed by atoms with van der Waals surface area (Å²) < 4.78 is 18.8. The van der Waals surface area contributed by atoms with Gasteiger partial charge >= 0.3 is 12.0 Å². The van der Waals surface area contributed by atoms with E-state index in [2.05, 4.69) is 10.3 Å². The van der Waals surface area contributed by atoms with Gasteiger partial charge in [0.05, 0.1) is 18.2 Å². The first-order valence-electron chi connectivity index (χ1n) is 11.3. The standard InChI is InChI=1S/C27H23ClFN3O3/c1-2-35-26(33)17-4-3-5-20(14-17)30-27(34)32-13-12-21-22-15-18(28)8-11-23(22)31-24(21)25(32)16-6-9-19(29)10-7-16/h3-11,14-15,25,31H,2,12-13H2,1H3,(H,30,34)/t25-/m1/s1. The van der Waals surface area contributed by atoms with Crippen molar-refractivity contribution in [2.75, 3.05) is 18.5 Å². The van der Waals surface area contributed by atoms with E-state index in [-0.39, 0.29) is 18.5 Å². The van der Waals surface area contributed by atoms with Crippen molar-refractivity contribution in [1.82, 2.24) is 9.88 Å². The van der Waals surface area contributed by atoms with Gasteiger partial charge in [-0.3, -0.25) is 0 Å². The molecule has 5 rings (SSSR count). The molecule has 0 fully saturated rings. The normalized spacial score (nSPS) is 15.1. The highest BCUT2D eigenvalue weighted by molar-refractivity contribution is 6.31. The number of anilines is 1. The molecule has 1 atom stereocenters. The third-order valence-corrected chi connectivity index (χ3v) is 6.40. The number of nitrogens with one attached hydrogen (secondary N) is 2. The number of urea groups is 1. The van der Waals surface area contributed by atoms with Gasteiger partial charge < -0.3 is 19.9 Å². The maximum Gasteiger partial charge on any atom is 0.338 e. The number of fused-ring (bicyclic) bond motifs is 3. The Morgan fingerprint density at radius 1 is 1.14 bits per heavy atom. The lowest BCUT2D eigenvalue weighted by molar-refractivity contribution is 0.0526. The monoisotopic (exact) mass is 491 g/mol. The number of halogens is 2. The van der Waals surface area contributed by atoms with Crippen molar-refractivity contribution in [3.63, 3.8) is 0 Å². The molecule has 178 valence electrons. The molecule has 0 radical (unpaired) electrons. The molecule has 0 bridgehead atoms. The lowest BCUT2D eigenvalue weighted by atomic mass is 9.92. The summed E-state index contributed by atoms with van der Waals surface area (Å²) in [5.41, 5.74) is 4.50. The number of nitrogens with zero attached hydrogens (tertiary/aromatic N) is 1. The fourth-order valence-electron chi connectivity index (χ4n) is 4.60. The molecule has 1 aromatic heterocycles. The molecule has 0 saturated heterocycles. The van der Waals surface area contributed by atoms with E-state index in [1.54, 1.807) is 48.2 Å². The fourth-order valence-corrected chi connectivity index (χ4v) is 4.78. The van der Waals surface area contributed by atoms with Crippen LogP contribution in [-0.2, 0) is 11.2 Å². The average Bonchev–Trinajstić information content (AvgIpc) is 3.22. The molecule has 35 heavy (non-hydrogen) atoms. The molecule has 2 heterocycles. The molecular formula is C27H23ClFN3O3. The Morgan fingerprint density at radius 3 is 2.71 bits per heavy atom. The first kappa shape index (κ1) is 22.9. The molecular weight excluding hydrogens is 469 g/mol. The zero-order chi connectivity index (χ0) is 24.5. The average molecular weight is 492 g/mol. The number of hydrogen-bond acceptors (Lipinski definition) is 3. The van der Waals surface area contributed by atoms with Crippen molar-refractivity contribution in [3.8, 4) is 0 Å². The van der Waals surface area contributed by atoms with Crippen molar-refractivity contribution in [3.05, 3.63) is 100.0 Å². The van der Waals surface area contributed by atoms with Crippen LogP contribution in [-0.4, -0.2) is 35.0 Å². The van der Waals surface area contributed by atoms with Crippen LogP contribution in [0.2, 0.25) is 5.02 Å². The zero-order valence-electron chi connectivity index (χ0n) is 19.0. The van der Waals surface area contributed by atoms with E-state index in [4.69, 9.17) is 16.3 Å². The molecule has 3 aromatic carbocycles. The maximum atomic E-state index is 13.7. The van der Waals surface area contributed by atoms with Gasteiger partial charge in [-0.2, -0.15) is 0 Å². The summed E-state index contributed by atoms with van der Waals surface area (Å²) in [5, 5.41) is 4.56. The molecule has 1 aliphatic heterocycles. The summed E-state index contributed by atoms with van der Waals surface area (Å²) in [4.78, 5) is 30.8. The van der Waals surface area contributed by atoms with Gasteiger partial charge in [0.25, 0.3) is 0 Å². The number of hydrogen-bond donors (Lipinski definition) is 2. The summed E-state index contributed by atoms with van der Waals surface area (Å²) in [6.07, 6.45) is 0.629. The number of amides is 2. The highest BCUT2D eigenvalue weighted by Gasteiger charge is 2.34. The Bertz CT molecular complexity index is 1420. The number of H-pyrrole nitrogens is 1. The number of carbonyl (C=O) groups is 2. The van der Waals surface area contributed by atoms with Gasteiger partial charge in [-0.05, 0) is 73.0 Å². The van der Waals surface area contributed by atoms with E-state index in [0.717, 1.165) is 27.7 Å². The highest BCUT2D eigenvalue weighted by atomic mass is 35.5. The van der Waals surface area contributed by atoms with E-state index in [9.17, 15) is 14.0 Å². The molecule has 0 spiro atoms. The minimum Gasteiger partial charge on any atom is -0.462 e. The summed E-state index contributed by atoms with van der Waals surface area (Å²) in [5.74, 6) is -0.799. The Morgan fingerprint density at radius 2 is 1.94 bits per heavy atom. The lowest BCUT2D eigenvalue weighted by Crippen LogP contribution is -2.43. The highest BCUT2D eigenvalue weighted by Crippen LogP contribution is 2.39. The smallest absolute Gasteiger partial charge is 0.338 e. The van der Waals surface area contributed by atoms with Crippen LogP contribution in [0.25, 0.3) is 10.9 Å². The number of aromatic amines is 1. The molecule has 6 nitrogen and oxygen atoms in total. The zero-order valence-corrected chi connectivity index (χ0v) is 19.7. The fraction of sp³-hybridized carbons (Fsp3) is 0.185. The van der Waals surface area contributed by atoms with Crippen LogP contribution in [0.3, 0.4) is 0 Å². The van der Waals surface area contributed by atoms with Crippen LogP contribution in [0.5, 0.6) is 0 Å². The van der Waals surface area contributed by atoms with Crippen molar-refractivity contribution in [2.45, 2.75) is 19.4 Å². The topological polar surface area (TPSA) is 74.4 Å². The van der Waals surface area contributed by atoms with Gasteiger partial charge in [-0.25, -0.2) is 14.0 Å². The molecule has 8 heteroatoms. The van der Waals surface area contributed by atoms with Crippen LogP contribution in [0.15, 0.2) is 66.7 Å². The molecule has 0 aliphatic carbocycles. The predicted octanol–water partition coefficient (Wildman–Crippen LogP) is 6.32. The third kappa shape index (κ3) is 4.47. The SMILES string of the molecule is CCOC(=O)c1cccc(NC(=O)N2CCc3c([nH]c4ccc(Cl)cc34)[C@H]2c2ccc(F)cc2)c1. The van der Waals surface area contributed by atoms with Gasteiger partial charge in [0, 0.05) is 33.9 Å². The van der Waals surface area contributed by atoms with Crippen LogP contribution in [0, 0.1) is 5.82 Å². The number of rotatable bonds is 4. The van der Waals surface area contributed by atoms with E-state index >= 15 is 0 Å². The molecule has 1 aliphatic rings. The van der Waals surface area contributed by atoms with Crippen LogP contribution in [0.4, 0.5) is 14.9 Å². The van der Waals surface area contributed by atoms with Crippen molar-refractivity contribution in [1.29, 1.82) is 0 Å². The number of aromatic nitrogens is 1. The van der Waals surface area contributed by atoms with Gasteiger partial charge in [-0.15, -0.1) is 0 Å². The van der Waals surface area contributed by atoms with E-state index in [1.165, 1.54) is 12.1 Å². The maximum absolute atomic E-state index is 13.7. The molecule has 4 aromatic rings. The Kier molecular flexibility index (Phi) is 6.17. The lowest BCUT2D eigenvalue weighted by Gasteiger charge is -2.36. The third-order valence-electron chi connectivity index (χ3n) is 6.16. The Labute approximate surface area is 206 Å². The van der Waals surface area contributed by atoms with E-state index in [0.29, 0.717) is 29.2 Å². The second kappa shape index (κ2) is 9.43. The first-order chi connectivity index (χ1) is 16.9. The number of ether oxygens (including phenoxy) is 1. The second-order valence-electron chi connectivity index (χ2n) is 8.34.